The van der Waals surface area contributed by atoms with Gasteiger partial charge in [-0.3, -0.25) is 0 Å². The van der Waals surface area contributed by atoms with E-state index in [0.29, 0.717) is 28.8 Å². The van der Waals surface area contributed by atoms with Crippen LogP contribution < -0.4 is 4.74 Å². The maximum Gasteiger partial charge on any atom is 0.336 e. The number of carboxylic acid groups (broad SMARTS) is 1. The Kier molecular flexibility index (Phi) is 5.68. The van der Waals surface area contributed by atoms with E-state index in [1.54, 1.807) is 30.5 Å². The summed E-state index contributed by atoms with van der Waals surface area (Å²) < 4.78 is 34.7. The fraction of sp³-hybridized carbons (Fsp3) is 0.125. The van der Waals surface area contributed by atoms with Crippen molar-refractivity contribution in [3.05, 3.63) is 101 Å². The Labute approximate surface area is 176 Å². The van der Waals surface area contributed by atoms with E-state index in [1.165, 1.54) is 18.2 Å². The van der Waals surface area contributed by atoms with Crippen LogP contribution in [0.15, 0.2) is 66.9 Å². The van der Waals surface area contributed by atoms with Crippen molar-refractivity contribution in [1.29, 1.82) is 0 Å². The molecule has 1 aromatic heterocycles. The molecule has 0 saturated carbocycles. The van der Waals surface area contributed by atoms with Crippen molar-refractivity contribution >= 4 is 16.9 Å². The maximum absolute atomic E-state index is 13.9. The van der Waals surface area contributed by atoms with Crippen molar-refractivity contribution in [2.24, 2.45) is 0 Å². The summed E-state index contributed by atoms with van der Waals surface area (Å²) in [5, 5.41) is 19.7. The summed E-state index contributed by atoms with van der Waals surface area (Å²) in [5.41, 5.74) is 2.32. The molecule has 0 fully saturated rings. The highest BCUT2D eigenvalue weighted by molar-refractivity contribution is 6.04. The molecule has 0 aliphatic heterocycles. The van der Waals surface area contributed by atoms with Gasteiger partial charge in [-0.25, -0.2) is 13.6 Å². The molecule has 4 rings (SSSR count). The van der Waals surface area contributed by atoms with E-state index in [1.807, 2.05) is 16.7 Å². The minimum atomic E-state index is -1.07. The largest absolute Gasteiger partial charge is 0.488 e. The van der Waals surface area contributed by atoms with Gasteiger partial charge in [0, 0.05) is 39.9 Å². The summed E-state index contributed by atoms with van der Waals surface area (Å²) in [4.78, 5) is 11.6. The second kappa shape index (κ2) is 8.57. The lowest BCUT2D eigenvalue weighted by molar-refractivity contribution is 0.0699. The zero-order chi connectivity index (χ0) is 22.0. The van der Waals surface area contributed by atoms with Gasteiger partial charge in [0.15, 0.2) is 0 Å². The van der Waals surface area contributed by atoms with Gasteiger partial charge in [-0.15, -0.1) is 0 Å². The molecule has 0 bridgehead atoms. The van der Waals surface area contributed by atoms with Gasteiger partial charge in [-0.05, 0) is 30.3 Å². The van der Waals surface area contributed by atoms with E-state index in [2.05, 4.69) is 0 Å². The van der Waals surface area contributed by atoms with Crippen molar-refractivity contribution in [2.75, 3.05) is 0 Å². The first kappa shape index (κ1) is 20.6. The molecule has 1 heterocycles. The first-order valence-corrected chi connectivity index (χ1v) is 9.57. The maximum atomic E-state index is 13.9. The molecule has 7 heteroatoms. The molecule has 0 amide bonds. The van der Waals surface area contributed by atoms with E-state index < -0.39 is 17.6 Å². The van der Waals surface area contributed by atoms with Crippen molar-refractivity contribution in [3.8, 4) is 5.75 Å². The number of para-hydroxylation sites is 1. The summed E-state index contributed by atoms with van der Waals surface area (Å²) in [7, 11) is 0. The lowest BCUT2D eigenvalue weighted by atomic mass is 10.1. The molecule has 4 aromatic rings. The van der Waals surface area contributed by atoms with E-state index in [4.69, 9.17) is 4.74 Å². The van der Waals surface area contributed by atoms with E-state index in [0.717, 1.165) is 11.6 Å². The van der Waals surface area contributed by atoms with Gasteiger partial charge >= 0.3 is 5.97 Å². The summed E-state index contributed by atoms with van der Waals surface area (Å²) in [5.74, 6) is -1.87. The number of aromatic nitrogens is 1. The Bertz CT molecular complexity index is 1270. The van der Waals surface area contributed by atoms with Crippen LogP contribution in [0, 0.1) is 11.6 Å². The molecule has 0 unspecified atom stereocenters. The Morgan fingerprint density at radius 1 is 0.968 bits per heavy atom. The number of aliphatic hydroxyl groups excluding tert-OH is 1. The van der Waals surface area contributed by atoms with Gasteiger partial charge in [-0.2, -0.15) is 0 Å². The van der Waals surface area contributed by atoms with Crippen LogP contribution in [0.5, 0.6) is 5.75 Å². The molecule has 158 valence electrons. The first-order chi connectivity index (χ1) is 15.0. The Hall–Kier alpha value is -3.71. The average molecular weight is 423 g/mol. The zero-order valence-electron chi connectivity index (χ0n) is 16.4. The number of halogens is 2. The van der Waals surface area contributed by atoms with Crippen LogP contribution >= 0.6 is 0 Å². The quantitative estimate of drug-likeness (QED) is 0.451. The normalized spacial score (nSPS) is 11.1. The van der Waals surface area contributed by atoms with Crippen LogP contribution in [-0.2, 0) is 19.8 Å². The number of rotatable bonds is 7. The molecular formula is C24H19F2NO4. The van der Waals surface area contributed by atoms with Crippen LogP contribution in [0.25, 0.3) is 10.9 Å². The highest BCUT2D eigenvalue weighted by Gasteiger charge is 2.17. The molecule has 0 spiro atoms. The SMILES string of the molecule is O=C(O)c1cccc2c1c(CO)cn2Cc1ccccc1OCc1ccc(F)cc1F. The molecule has 3 aromatic carbocycles. The summed E-state index contributed by atoms with van der Waals surface area (Å²) >= 11 is 0. The first-order valence-electron chi connectivity index (χ1n) is 9.57. The van der Waals surface area contributed by atoms with Gasteiger partial charge in [0.05, 0.1) is 18.7 Å². The molecule has 0 aliphatic carbocycles. The smallest absolute Gasteiger partial charge is 0.336 e. The number of ether oxygens (including phenoxy) is 1. The van der Waals surface area contributed by atoms with Gasteiger partial charge in [-0.1, -0.05) is 24.3 Å². The number of fused-ring (bicyclic) bond motifs is 1. The number of aliphatic hydroxyl groups is 1. The predicted molar refractivity (Wildman–Crippen MR) is 111 cm³/mol. The number of nitrogens with zero attached hydrogens (tertiary/aromatic N) is 1. The van der Waals surface area contributed by atoms with Crippen LogP contribution in [0.2, 0.25) is 0 Å². The Morgan fingerprint density at radius 2 is 1.77 bits per heavy atom. The molecule has 0 radical (unpaired) electrons. The third-order valence-electron chi connectivity index (χ3n) is 5.10. The zero-order valence-corrected chi connectivity index (χ0v) is 16.4. The fourth-order valence-corrected chi connectivity index (χ4v) is 3.62. The highest BCUT2D eigenvalue weighted by Crippen LogP contribution is 2.28. The number of hydrogen-bond acceptors (Lipinski definition) is 3. The summed E-state index contributed by atoms with van der Waals surface area (Å²) in [6, 6.07) is 15.5. The molecule has 0 saturated heterocycles. The third kappa shape index (κ3) is 4.13. The molecule has 5 nitrogen and oxygen atoms in total. The summed E-state index contributed by atoms with van der Waals surface area (Å²) in [6.45, 7) is -0.0158. The third-order valence-corrected chi connectivity index (χ3v) is 5.10. The molecule has 31 heavy (non-hydrogen) atoms. The van der Waals surface area contributed by atoms with Crippen molar-refractivity contribution in [1.82, 2.24) is 4.57 Å². The minimum absolute atomic E-state index is 0.0688. The number of hydrogen-bond donors (Lipinski definition) is 2. The lowest BCUT2D eigenvalue weighted by Crippen LogP contribution is -2.04. The summed E-state index contributed by atoms with van der Waals surface area (Å²) in [6.07, 6.45) is 1.72. The number of benzene rings is 3. The van der Waals surface area contributed by atoms with Crippen molar-refractivity contribution in [2.45, 2.75) is 19.8 Å². The Morgan fingerprint density at radius 3 is 2.52 bits per heavy atom. The number of carbonyl (C=O) groups is 1. The monoisotopic (exact) mass is 423 g/mol. The average Bonchev–Trinajstić information content (AvgIpc) is 3.11. The second-order valence-electron chi connectivity index (χ2n) is 7.08. The van der Waals surface area contributed by atoms with Gasteiger partial charge in [0.1, 0.15) is 24.0 Å². The molecule has 2 N–H and O–H groups in total. The standard InChI is InChI=1S/C24H19F2NO4/c25-18-9-8-16(20(26)10-18)14-31-22-7-2-1-4-15(22)11-27-12-17(13-28)23-19(24(29)30)5-3-6-21(23)27/h1-10,12,28H,11,13-14H2,(H,29,30). The highest BCUT2D eigenvalue weighted by atomic mass is 19.1. The van der Waals surface area contributed by atoms with Gasteiger partial charge in [0.25, 0.3) is 0 Å². The number of aromatic carboxylic acids is 1. The van der Waals surface area contributed by atoms with Crippen LogP contribution in [0.1, 0.15) is 27.0 Å². The van der Waals surface area contributed by atoms with Crippen LogP contribution in [-0.4, -0.2) is 20.7 Å². The van der Waals surface area contributed by atoms with Gasteiger partial charge in [0.2, 0.25) is 0 Å². The van der Waals surface area contributed by atoms with Gasteiger partial charge < -0.3 is 19.5 Å². The predicted octanol–water partition coefficient (Wildman–Crippen LogP) is 4.74. The molecule has 0 aliphatic rings. The second-order valence-corrected chi connectivity index (χ2v) is 7.08. The van der Waals surface area contributed by atoms with E-state index in [-0.39, 0.29) is 24.3 Å². The fourth-order valence-electron chi connectivity index (χ4n) is 3.62. The molecular weight excluding hydrogens is 404 g/mol. The Balaban J connectivity index is 1.66. The topological polar surface area (TPSA) is 71.7 Å². The van der Waals surface area contributed by atoms with E-state index >= 15 is 0 Å². The lowest BCUT2D eigenvalue weighted by Gasteiger charge is -2.13. The van der Waals surface area contributed by atoms with E-state index in [9.17, 15) is 23.8 Å². The van der Waals surface area contributed by atoms with Crippen LogP contribution in [0.3, 0.4) is 0 Å². The minimum Gasteiger partial charge on any atom is -0.488 e. The van der Waals surface area contributed by atoms with Crippen molar-refractivity contribution < 1.29 is 28.5 Å². The van der Waals surface area contributed by atoms with Crippen molar-refractivity contribution in [3.63, 3.8) is 0 Å². The molecule has 0 atom stereocenters. The number of carboxylic acids is 1. The van der Waals surface area contributed by atoms with Crippen LogP contribution in [0.4, 0.5) is 8.78 Å².